The fourth-order valence-electron chi connectivity index (χ4n) is 1.26. The van der Waals surface area contributed by atoms with E-state index in [1.165, 1.54) is 5.69 Å². The summed E-state index contributed by atoms with van der Waals surface area (Å²) in [6.07, 6.45) is 1.95. The SMILES string of the molecule is CC(C)(C)NCCNCc1cc(Br)c[nH]1. The van der Waals surface area contributed by atoms with E-state index >= 15 is 0 Å². The average Bonchev–Trinajstić information content (AvgIpc) is 2.49. The Hall–Kier alpha value is -0.320. The summed E-state index contributed by atoms with van der Waals surface area (Å²) in [5.74, 6) is 0. The van der Waals surface area contributed by atoms with E-state index in [-0.39, 0.29) is 5.54 Å². The van der Waals surface area contributed by atoms with Crippen molar-refractivity contribution in [1.29, 1.82) is 0 Å². The van der Waals surface area contributed by atoms with Crippen LogP contribution in [0.15, 0.2) is 16.7 Å². The lowest BCUT2D eigenvalue weighted by molar-refractivity contribution is 0.421. The van der Waals surface area contributed by atoms with Crippen molar-refractivity contribution < 1.29 is 0 Å². The molecule has 3 nitrogen and oxygen atoms in total. The Morgan fingerprint density at radius 2 is 2.07 bits per heavy atom. The van der Waals surface area contributed by atoms with E-state index in [0.29, 0.717) is 0 Å². The predicted octanol–water partition coefficient (Wildman–Crippen LogP) is 2.25. The van der Waals surface area contributed by atoms with Crippen molar-refractivity contribution in [3.63, 3.8) is 0 Å². The molecule has 1 rings (SSSR count). The van der Waals surface area contributed by atoms with Crippen LogP contribution in [0, 0.1) is 0 Å². The Morgan fingerprint density at radius 1 is 1.33 bits per heavy atom. The van der Waals surface area contributed by atoms with Gasteiger partial charge in [-0.25, -0.2) is 0 Å². The van der Waals surface area contributed by atoms with Crippen molar-refractivity contribution in [2.45, 2.75) is 32.9 Å². The van der Waals surface area contributed by atoms with Gasteiger partial charge in [-0.3, -0.25) is 0 Å². The molecule has 0 saturated carbocycles. The van der Waals surface area contributed by atoms with Gasteiger partial charge >= 0.3 is 0 Å². The second kappa shape index (κ2) is 5.68. The maximum atomic E-state index is 3.43. The molecule has 1 heterocycles. The third-order valence-electron chi connectivity index (χ3n) is 1.98. The normalized spacial score (nSPS) is 12.0. The number of hydrogen-bond donors (Lipinski definition) is 3. The third kappa shape index (κ3) is 5.97. The molecule has 86 valence electrons. The zero-order valence-corrected chi connectivity index (χ0v) is 11.2. The van der Waals surface area contributed by atoms with Gasteiger partial charge in [0.2, 0.25) is 0 Å². The van der Waals surface area contributed by atoms with Gasteiger partial charge in [-0.1, -0.05) is 0 Å². The molecule has 4 heteroatoms. The topological polar surface area (TPSA) is 39.8 Å². The molecule has 0 aliphatic carbocycles. The second-order valence-corrected chi connectivity index (χ2v) is 5.61. The summed E-state index contributed by atoms with van der Waals surface area (Å²) in [5.41, 5.74) is 1.41. The van der Waals surface area contributed by atoms with E-state index in [1.807, 2.05) is 6.20 Å². The standard InChI is InChI=1S/C11H20BrN3/c1-11(2,3)15-5-4-13-8-10-6-9(12)7-14-10/h6-7,13-15H,4-5,8H2,1-3H3. The van der Waals surface area contributed by atoms with Crippen LogP contribution in [-0.4, -0.2) is 23.6 Å². The molecule has 0 radical (unpaired) electrons. The van der Waals surface area contributed by atoms with Crippen molar-refractivity contribution >= 4 is 15.9 Å². The number of H-pyrrole nitrogens is 1. The number of aromatic nitrogens is 1. The fraction of sp³-hybridized carbons (Fsp3) is 0.636. The van der Waals surface area contributed by atoms with Gasteiger partial charge in [-0.15, -0.1) is 0 Å². The average molecular weight is 274 g/mol. The Kier molecular flexibility index (Phi) is 4.83. The van der Waals surface area contributed by atoms with Crippen LogP contribution in [0.25, 0.3) is 0 Å². The number of aromatic amines is 1. The van der Waals surface area contributed by atoms with Crippen molar-refractivity contribution in [2.75, 3.05) is 13.1 Å². The molecule has 0 aliphatic rings. The third-order valence-corrected chi connectivity index (χ3v) is 2.44. The summed E-state index contributed by atoms with van der Waals surface area (Å²) in [6, 6.07) is 2.09. The molecule has 0 bridgehead atoms. The summed E-state index contributed by atoms with van der Waals surface area (Å²) >= 11 is 3.41. The van der Waals surface area contributed by atoms with Crippen LogP contribution in [-0.2, 0) is 6.54 Å². The number of halogens is 1. The van der Waals surface area contributed by atoms with Gasteiger partial charge in [-0.05, 0) is 42.8 Å². The molecule has 0 atom stereocenters. The van der Waals surface area contributed by atoms with Gasteiger partial charge in [0.05, 0.1) is 0 Å². The smallest absolute Gasteiger partial charge is 0.0358 e. The molecule has 1 aromatic rings. The summed E-state index contributed by atoms with van der Waals surface area (Å²) in [5, 5.41) is 6.80. The molecule has 0 spiro atoms. The number of rotatable bonds is 5. The van der Waals surface area contributed by atoms with Crippen LogP contribution in [0.5, 0.6) is 0 Å². The van der Waals surface area contributed by atoms with Crippen molar-refractivity contribution in [1.82, 2.24) is 15.6 Å². The van der Waals surface area contributed by atoms with Crippen LogP contribution in [0.4, 0.5) is 0 Å². The van der Waals surface area contributed by atoms with Gasteiger partial charge < -0.3 is 15.6 Å². The summed E-state index contributed by atoms with van der Waals surface area (Å²) in [6.45, 7) is 9.38. The first-order valence-electron chi connectivity index (χ1n) is 5.26. The van der Waals surface area contributed by atoms with Crippen LogP contribution < -0.4 is 10.6 Å². The zero-order chi connectivity index (χ0) is 11.3. The Morgan fingerprint density at radius 3 is 2.60 bits per heavy atom. The Labute approximate surface area is 100 Å². The number of nitrogens with one attached hydrogen (secondary N) is 3. The van der Waals surface area contributed by atoms with Crippen LogP contribution in [0.3, 0.4) is 0 Å². The van der Waals surface area contributed by atoms with Gasteiger partial charge in [0.15, 0.2) is 0 Å². The molecule has 0 amide bonds. The van der Waals surface area contributed by atoms with E-state index in [0.717, 1.165) is 24.1 Å². The zero-order valence-electron chi connectivity index (χ0n) is 9.65. The lowest BCUT2D eigenvalue weighted by Gasteiger charge is -2.20. The van der Waals surface area contributed by atoms with E-state index in [9.17, 15) is 0 Å². The summed E-state index contributed by atoms with van der Waals surface area (Å²) < 4.78 is 1.10. The van der Waals surface area contributed by atoms with Gasteiger partial charge in [0.1, 0.15) is 0 Å². The quantitative estimate of drug-likeness (QED) is 0.721. The molecule has 3 N–H and O–H groups in total. The first kappa shape index (κ1) is 12.7. The molecule has 0 aromatic carbocycles. The highest BCUT2D eigenvalue weighted by Crippen LogP contribution is 2.09. The minimum atomic E-state index is 0.205. The highest BCUT2D eigenvalue weighted by atomic mass is 79.9. The molecule has 15 heavy (non-hydrogen) atoms. The maximum Gasteiger partial charge on any atom is 0.0358 e. The van der Waals surface area contributed by atoms with E-state index in [1.54, 1.807) is 0 Å². The van der Waals surface area contributed by atoms with Gasteiger partial charge in [0, 0.05) is 41.5 Å². The molecular weight excluding hydrogens is 254 g/mol. The van der Waals surface area contributed by atoms with Gasteiger partial charge in [-0.2, -0.15) is 0 Å². The van der Waals surface area contributed by atoms with Crippen LogP contribution in [0.2, 0.25) is 0 Å². The minimum Gasteiger partial charge on any atom is -0.363 e. The molecule has 0 saturated heterocycles. The largest absolute Gasteiger partial charge is 0.363 e. The Bertz CT molecular complexity index is 288. The lowest BCUT2D eigenvalue weighted by Crippen LogP contribution is -2.40. The second-order valence-electron chi connectivity index (χ2n) is 4.70. The lowest BCUT2D eigenvalue weighted by atomic mass is 10.1. The van der Waals surface area contributed by atoms with E-state index < -0.39 is 0 Å². The predicted molar refractivity (Wildman–Crippen MR) is 68.0 cm³/mol. The van der Waals surface area contributed by atoms with Crippen LogP contribution >= 0.6 is 15.9 Å². The monoisotopic (exact) mass is 273 g/mol. The number of hydrogen-bond acceptors (Lipinski definition) is 2. The highest BCUT2D eigenvalue weighted by molar-refractivity contribution is 9.10. The molecule has 1 aromatic heterocycles. The van der Waals surface area contributed by atoms with E-state index in [2.05, 4.69) is 58.4 Å². The van der Waals surface area contributed by atoms with Crippen molar-refractivity contribution in [2.24, 2.45) is 0 Å². The van der Waals surface area contributed by atoms with Gasteiger partial charge in [0.25, 0.3) is 0 Å². The Balaban J connectivity index is 2.07. The fourth-order valence-corrected chi connectivity index (χ4v) is 1.65. The first-order valence-corrected chi connectivity index (χ1v) is 6.05. The molecular formula is C11H20BrN3. The summed E-state index contributed by atoms with van der Waals surface area (Å²) in [4.78, 5) is 3.18. The minimum absolute atomic E-state index is 0.205. The summed E-state index contributed by atoms with van der Waals surface area (Å²) in [7, 11) is 0. The molecule has 0 unspecified atom stereocenters. The van der Waals surface area contributed by atoms with Crippen molar-refractivity contribution in [3.8, 4) is 0 Å². The van der Waals surface area contributed by atoms with Crippen molar-refractivity contribution in [3.05, 3.63) is 22.4 Å². The first-order chi connectivity index (χ1) is 6.97. The van der Waals surface area contributed by atoms with Crippen LogP contribution in [0.1, 0.15) is 26.5 Å². The molecule has 0 aliphatic heterocycles. The maximum absolute atomic E-state index is 3.43. The van der Waals surface area contributed by atoms with E-state index in [4.69, 9.17) is 0 Å². The molecule has 0 fully saturated rings. The highest BCUT2D eigenvalue weighted by Gasteiger charge is 2.06.